The van der Waals surface area contributed by atoms with Crippen molar-refractivity contribution in [2.75, 3.05) is 0 Å². The number of pyridine rings is 2. The Balaban J connectivity index is 1.97. The van der Waals surface area contributed by atoms with Gasteiger partial charge in [-0.2, -0.15) is 10.4 Å². The normalized spacial score (nSPS) is 11.7. The molecule has 0 aliphatic heterocycles. The van der Waals surface area contributed by atoms with Crippen LogP contribution in [0.25, 0.3) is 5.82 Å². The number of Topliss-reactive ketones (excluding diaryl/α,β-unsaturated/α-hetero) is 1. The van der Waals surface area contributed by atoms with Gasteiger partial charge in [0.05, 0.1) is 35.4 Å². The Morgan fingerprint density at radius 2 is 2.08 bits per heavy atom. The zero-order chi connectivity index (χ0) is 17.1. The van der Waals surface area contributed by atoms with Crippen LogP contribution in [0.3, 0.4) is 0 Å². The van der Waals surface area contributed by atoms with Gasteiger partial charge in [0.15, 0.2) is 17.5 Å². The molecule has 3 rings (SSSR count). The lowest BCUT2D eigenvalue weighted by atomic mass is 9.96. The number of carbonyl (C=O) groups is 1. The standard InChI is InChI=1S/C17H12FN5O/c1-11-14(10-22-23(11)16-4-2-3-7-20-16)17(24)13(8-19)15-6-5-12(18)9-21-15/h2-7,9-10,13H,1H3. The summed E-state index contributed by atoms with van der Waals surface area (Å²) in [6, 6.07) is 9.78. The van der Waals surface area contributed by atoms with Gasteiger partial charge in [-0.15, -0.1) is 0 Å². The van der Waals surface area contributed by atoms with E-state index in [-0.39, 0.29) is 5.69 Å². The van der Waals surface area contributed by atoms with E-state index in [4.69, 9.17) is 0 Å². The van der Waals surface area contributed by atoms with Crippen molar-refractivity contribution in [1.29, 1.82) is 5.26 Å². The molecule has 0 amide bonds. The van der Waals surface area contributed by atoms with Crippen molar-refractivity contribution in [2.24, 2.45) is 0 Å². The Kier molecular flexibility index (Phi) is 4.12. The van der Waals surface area contributed by atoms with E-state index in [1.807, 2.05) is 12.1 Å². The van der Waals surface area contributed by atoms with Crippen molar-refractivity contribution in [1.82, 2.24) is 19.7 Å². The summed E-state index contributed by atoms with van der Waals surface area (Å²) in [6.07, 6.45) is 4.01. The number of rotatable bonds is 4. The molecule has 0 N–H and O–H groups in total. The van der Waals surface area contributed by atoms with Gasteiger partial charge in [-0.3, -0.25) is 9.78 Å². The molecule has 0 saturated heterocycles. The molecule has 7 heteroatoms. The topological polar surface area (TPSA) is 84.5 Å². The molecular weight excluding hydrogens is 309 g/mol. The van der Waals surface area contributed by atoms with Crippen LogP contribution in [-0.2, 0) is 0 Å². The number of nitriles is 1. The highest BCUT2D eigenvalue weighted by atomic mass is 19.1. The van der Waals surface area contributed by atoms with E-state index >= 15 is 0 Å². The molecule has 0 aliphatic rings. The summed E-state index contributed by atoms with van der Waals surface area (Å²) >= 11 is 0. The number of aromatic nitrogens is 4. The lowest BCUT2D eigenvalue weighted by molar-refractivity contribution is 0.0977. The Morgan fingerprint density at radius 3 is 2.71 bits per heavy atom. The zero-order valence-electron chi connectivity index (χ0n) is 12.7. The fourth-order valence-corrected chi connectivity index (χ4v) is 2.33. The monoisotopic (exact) mass is 321 g/mol. The minimum absolute atomic E-state index is 0.203. The lowest BCUT2D eigenvalue weighted by Gasteiger charge is -2.08. The van der Waals surface area contributed by atoms with Gasteiger partial charge >= 0.3 is 0 Å². The second kappa shape index (κ2) is 6.38. The first kappa shape index (κ1) is 15.5. The highest BCUT2D eigenvalue weighted by Gasteiger charge is 2.26. The molecule has 0 bridgehead atoms. The molecule has 0 aromatic carbocycles. The fraction of sp³-hybridized carbons (Fsp3) is 0.118. The minimum Gasteiger partial charge on any atom is -0.292 e. The summed E-state index contributed by atoms with van der Waals surface area (Å²) in [5.41, 5.74) is 1.08. The summed E-state index contributed by atoms with van der Waals surface area (Å²) in [5, 5.41) is 13.5. The van der Waals surface area contributed by atoms with Crippen LogP contribution in [0.15, 0.2) is 48.9 Å². The molecule has 6 nitrogen and oxygen atoms in total. The number of hydrogen-bond donors (Lipinski definition) is 0. The molecule has 0 radical (unpaired) electrons. The minimum atomic E-state index is -1.12. The van der Waals surface area contributed by atoms with Gasteiger partial charge in [0.25, 0.3) is 0 Å². The molecule has 24 heavy (non-hydrogen) atoms. The Morgan fingerprint density at radius 1 is 1.25 bits per heavy atom. The maximum Gasteiger partial charge on any atom is 0.189 e. The van der Waals surface area contributed by atoms with E-state index < -0.39 is 17.5 Å². The molecule has 3 heterocycles. The van der Waals surface area contributed by atoms with Crippen LogP contribution in [0.4, 0.5) is 4.39 Å². The predicted molar refractivity (Wildman–Crippen MR) is 83.0 cm³/mol. The maximum atomic E-state index is 13.0. The summed E-state index contributed by atoms with van der Waals surface area (Å²) in [4.78, 5) is 20.7. The summed E-state index contributed by atoms with van der Waals surface area (Å²) < 4.78 is 14.5. The Hall–Kier alpha value is -3.40. The van der Waals surface area contributed by atoms with Gasteiger partial charge in [0.2, 0.25) is 0 Å². The summed E-state index contributed by atoms with van der Waals surface area (Å²) in [6.45, 7) is 1.72. The molecule has 0 saturated carbocycles. The van der Waals surface area contributed by atoms with Crippen LogP contribution in [0, 0.1) is 24.1 Å². The van der Waals surface area contributed by atoms with E-state index in [0.29, 0.717) is 17.1 Å². The van der Waals surface area contributed by atoms with Gasteiger partial charge in [-0.25, -0.2) is 14.1 Å². The molecule has 0 aliphatic carbocycles. The summed E-state index contributed by atoms with van der Waals surface area (Å²) in [7, 11) is 0. The van der Waals surface area contributed by atoms with E-state index in [0.717, 1.165) is 6.20 Å². The van der Waals surface area contributed by atoms with E-state index in [1.54, 1.807) is 25.3 Å². The number of hydrogen-bond acceptors (Lipinski definition) is 5. The fourth-order valence-electron chi connectivity index (χ4n) is 2.33. The lowest BCUT2D eigenvalue weighted by Crippen LogP contribution is -2.14. The highest BCUT2D eigenvalue weighted by Crippen LogP contribution is 2.22. The third-order valence-electron chi connectivity index (χ3n) is 3.58. The number of nitrogens with zero attached hydrogens (tertiary/aromatic N) is 5. The second-order valence-electron chi connectivity index (χ2n) is 5.07. The zero-order valence-corrected chi connectivity index (χ0v) is 12.7. The van der Waals surface area contributed by atoms with Gasteiger partial charge in [-0.1, -0.05) is 6.07 Å². The average Bonchev–Trinajstić information content (AvgIpc) is 2.99. The largest absolute Gasteiger partial charge is 0.292 e. The van der Waals surface area contributed by atoms with Gasteiger partial charge in [0, 0.05) is 6.20 Å². The molecule has 0 fully saturated rings. The van der Waals surface area contributed by atoms with Crippen LogP contribution in [0.1, 0.15) is 27.7 Å². The van der Waals surface area contributed by atoms with Crippen molar-refractivity contribution >= 4 is 5.78 Å². The van der Waals surface area contributed by atoms with Crippen LogP contribution >= 0.6 is 0 Å². The van der Waals surface area contributed by atoms with E-state index in [9.17, 15) is 14.4 Å². The predicted octanol–water partition coefficient (Wildman–Crippen LogP) is 2.60. The van der Waals surface area contributed by atoms with E-state index in [1.165, 1.54) is 23.0 Å². The van der Waals surface area contributed by atoms with Crippen molar-refractivity contribution in [3.05, 3.63) is 71.7 Å². The molecule has 0 spiro atoms. The van der Waals surface area contributed by atoms with Crippen molar-refractivity contribution in [3.63, 3.8) is 0 Å². The third-order valence-corrected chi connectivity index (χ3v) is 3.58. The number of ketones is 1. The number of carbonyl (C=O) groups excluding carboxylic acids is 1. The molecule has 1 atom stereocenters. The van der Waals surface area contributed by atoms with Crippen molar-refractivity contribution in [2.45, 2.75) is 12.8 Å². The third kappa shape index (κ3) is 2.77. The maximum absolute atomic E-state index is 13.0. The second-order valence-corrected chi connectivity index (χ2v) is 5.07. The highest BCUT2D eigenvalue weighted by molar-refractivity contribution is 6.03. The molecule has 3 aromatic rings. The SMILES string of the molecule is Cc1c(C(=O)C(C#N)c2ccc(F)cn2)cnn1-c1ccccn1. The van der Waals surface area contributed by atoms with Crippen molar-refractivity contribution in [3.8, 4) is 11.9 Å². The van der Waals surface area contributed by atoms with Crippen LogP contribution in [0.5, 0.6) is 0 Å². The molecular formula is C17H12FN5O. The average molecular weight is 321 g/mol. The first-order chi connectivity index (χ1) is 11.6. The van der Waals surface area contributed by atoms with Gasteiger partial charge in [0.1, 0.15) is 5.82 Å². The Bertz CT molecular complexity index is 912. The quantitative estimate of drug-likeness (QED) is 0.690. The first-order valence-corrected chi connectivity index (χ1v) is 7.13. The Labute approximate surface area is 137 Å². The smallest absolute Gasteiger partial charge is 0.189 e. The van der Waals surface area contributed by atoms with Crippen LogP contribution in [-0.4, -0.2) is 25.5 Å². The molecule has 1 unspecified atom stereocenters. The molecule has 118 valence electrons. The first-order valence-electron chi connectivity index (χ1n) is 7.13. The molecule has 3 aromatic heterocycles. The number of halogens is 1. The van der Waals surface area contributed by atoms with Crippen LogP contribution in [0.2, 0.25) is 0 Å². The van der Waals surface area contributed by atoms with Gasteiger partial charge < -0.3 is 0 Å². The van der Waals surface area contributed by atoms with E-state index in [2.05, 4.69) is 15.1 Å². The van der Waals surface area contributed by atoms with Crippen LogP contribution < -0.4 is 0 Å². The summed E-state index contributed by atoms with van der Waals surface area (Å²) in [5.74, 6) is -1.51. The van der Waals surface area contributed by atoms with Gasteiger partial charge in [-0.05, 0) is 31.2 Å². The van der Waals surface area contributed by atoms with Crippen molar-refractivity contribution < 1.29 is 9.18 Å².